The third kappa shape index (κ3) is 7.35. The van der Waals surface area contributed by atoms with Gasteiger partial charge in [0.25, 0.3) is 0 Å². The number of carbonyl (C=O) groups excluding carboxylic acids is 2. The van der Waals surface area contributed by atoms with E-state index < -0.39 is 28.5 Å². The highest BCUT2D eigenvalue weighted by Crippen LogP contribution is 2.33. The third-order valence-electron chi connectivity index (χ3n) is 5.24. The van der Waals surface area contributed by atoms with Gasteiger partial charge in [0.05, 0.1) is 22.0 Å². The number of anilines is 1. The zero-order valence-corrected chi connectivity index (χ0v) is 21.4. The first-order valence-corrected chi connectivity index (χ1v) is 13.1. The number of sulfonamides is 1. The minimum Gasteiger partial charge on any atom is -0.352 e. The van der Waals surface area contributed by atoms with Crippen LogP contribution in [-0.4, -0.2) is 50.0 Å². The molecule has 0 aromatic heterocycles. The Balaban J connectivity index is 2.40. The van der Waals surface area contributed by atoms with E-state index in [1.54, 1.807) is 13.0 Å². The Morgan fingerprint density at radius 1 is 1.03 bits per heavy atom. The molecule has 0 aliphatic heterocycles. The predicted molar refractivity (Wildman–Crippen MR) is 133 cm³/mol. The fraction of sp³-hybridized carbons (Fsp3) is 0.391. The molecule has 2 aromatic rings. The molecule has 0 unspecified atom stereocenters. The van der Waals surface area contributed by atoms with Crippen molar-refractivity contribution in [3.8, 4) is 0 Å². The number of carbonyl (C=O) groups is 2. The van der Waals surface area contributed by atoms with Crippen molar-refractivity contribution in [1.82, 2.24) is 10.2 Å². The number of nitrogens with zero attached hydrogens (tertiary/aromatic N) is 2. The molecule has 7 nitrogen and oxygen atoms in total. The third-order valence-corrected chi connectivity index (χ3v) is 7.18. The fourth-order valence-corrected chi connectivity index (χ4v) is 4.41. The number of amides is 2. The van der Waals surface area contributed by atoms with Gasteiger partial charge in [-0.25, -0.2) is 8.42 Å². The molecule has 0 aliphatic carbocycles. The highest BCUT2D eigenvalue weighted by atomic mass is 35.5. The summed E-state index contributed by atoms with van der Waals surface area (Å²) in [4.78, 5) is 27.6. The lowest BCUT2D eigenvalue weighted by Gasteiger charge is -2.32. The van der Waals surface area contributed by atoms with Gasteiger partial charge in [0.15, 0.2) is 0 Å². The van der Waals surface area contributed by atoms with Gasteiger partial charge in [0, 0.05) is 12.6 Å². The highest BCUT2D eigenvalue weighted by Gasteiger charge is 2.31. The molecule has 2 rings (SSSR count). The fourth-order valence-electron chi connectivity index (χ4n) is 3.11. The van der Waals surface area contributed by atoms with E-state index in [0.717, 1.165) is 22.5 Å². The first kappa shape index (κ1) is 27.0. The van der Waals surface area contributed by atoms with Crippen LogP contribution >= 0.6 is 23.2 Å². The molecule has 0 aliphatic rings. The van der Waals surface area contributed by atoms with E-state index in [-0.39, 0.29) is 34.2 Å². The Labute approximate surface area is 205 Å². The van der Waals surface area contributed by atoms with Crippen LogP contribution in [0.2, 0.25) is 10.0 Å². The number of benzene rings is 2. The molecule has 0 saturated heterocycles. The van der Waals surface area contributed by atoms with Crippen LogP contribution in [0.4, 0.5) is 5.69 Å². The van der Waals surface area contributed by atoms with Gasteiger partial charge in [-0.2, -0.15) is 0 Å². The Morgan fingerprint density at radius 3 is 2.24 bits per heavy atom. The standard InChI is InChI=1S/C23H29Cl2N3O4S/c1-5-16(2)26-23(30)17(3)27(14-18-10-7-6-8-11-18)21(29)15-28(33(4,31)32)20-13-9-12-19(24)22(20)25/h6-13,16-17H,5,14-15H2,1-4H3,(H,26,30)/t16-,17-/m0/s1. The van der Waals surface area contributed by atoms with Gasteiger partial charge in [-0.1, -0.05) is 66.5 Å². The van der Waals surface area contributed by atoms with Gasteiger partial charge in [-0.05, 0) is 38.0 Å². The summed E-state index contributed by atoms with van der Waals surface area (Å²) in [6, 6.07) is 12.8. The summed E-state index contributed by atoms with van der Waals surface area (Å²) in [5.41, 5.74) is 0.900. The summed E-state index contributed by atoms with van der Waals surface area (Å²) in [6.45, 7) is 5.04. The lowest BCUT2D eigenvalue weighted by Crippen LogP contribution is -2.52. The lowest BCUT2D eigenvalue weighted by atomic mass is 10.1. The molecule has 2 atom stereocenters. The van der Waals surface area contributed by atoms with E-state index in [9.17, 15) is 18.0 Å². The van der Waals surface area contributed by atoms with Crippen LogP contribution in [0, 0.1) is 0 Å². The predicted octanol–water partition coefficient (Wildman–Crippen LogP) is 4.09. The average Bonchev–Trinajstić information content (AvgIpc) is 2.77. The van der Waals surface area contributed by atoms with Crippen LogP contribution in [0.1, 0.15) is 32.8 Å². The van der Waals surface area contributed by atoms with E-state index in [4.69, 9.17) is 23.2 Å². The average molecular weight is 514 g/mol. The van der Waals surface area contributed by atoms with Crippen molar-refractivity contribution in [3.63, 3.8) is 0 Å². The smallest absolute Gasteiger partial charge is 0.244 e. The number of hydrogen-bond donors (Lipinski definition) is 1. The molecule has 2 amide bonds. The van der Waals surface area contributed by atoms with Gasteiger partial charge in [0.2, 0.25) is 21.8 Å². The monoisotopic (exact) mass is 513 g/mol. The summed E-state index contributed by atoms with van der Waals surface area (Å²) in [5.74, 6) is -0.868. The topological polar surface area (TPSA) is 86.8 Å². The maximum absolute atomic E-state index is 13.4. The van der Waals surface area contributed by atoms with Gasteiger partial charge in [0.1, 0.15) is 12.6 Å². The van der Waals surface area contributed by atoms with Crippen LogP contribution in [0.15, 0.2) is 48.5 Å². The van der Waals surface area contributed by atoms with Crippen molar-refractivity contribution in [3.05, 3.63) is 64.1 Å². The Morgan fingerprint density at radius 2 is 1.67 bits per heavy atom. The van der Waals surface area contributed by atoms with Crippen molar-refractivity contribution in [2.24, 2.45) is 0 Å². The quantitative estimate of drug-likeness (QED) is 0.518. The number of rotatable bonds is 10. The molecule has 0 spiro atoms. The zero-order chi connectivity index (χ0) is 24.8. The Bertz CT molecular complexity index is 1080. The molecule has 0 radical (unpaired) electrons. The molecule has 180 valence electrons. The van der Waals surface area contributed by atoms with Crippen molar-refractivity contribution in [2.75, 3.05) is 17.1 Å². The normalized spacial score (nSPS) is 13.2. The van der Waals surface area contributed by atoms with Gasteiger partial charge in [-0.3, -0.25) is 13.9 Å². The van der Waals surface area contributed by atoms with Gasteiger partial charge < -0.3 is 10.2 Å². The molecule has 1 N–H and O–H groups in total. The van der Waals surface area contributed by atoms with Crippen LogP contribution in [0.5, 0.6) is 0 Å². The van der Waals surface area contributed by atoms with E-state index >= 15 is 0 Å². The first-order valence-electron chi connectivity index (χ1n) is 10.5. The zero-order valence-electron chi connectivity index (χ0n) is 19.1. The minimum atomic E-state index is -3.89. The Hall–Kier alpha value is -2.29. The largest absolute Gasteiger partial charge is 0.352 e. The van der Waals surface area contributed by atoms with Crippen LogP contribution in [-0.2, 0) is 26.2 Å². The lowest BCUT2D eigenvalue weighted by molar-refractivity contribution is -0.139. The summed E-state index contributed by atoms with van der Waals surface area (Å²) in [6.07, 6.45) is 1.72. The van der Waals surface area contributed by atoms with Crippen LogP contribution < -0.4 is 9.62 Å². The van der Waals surface area contributed by atoms with Crippen LogP contribution in [0.25, 0.3) is 0 Å². The number of nitrogens with one attached hydrogen (secondary N) is 1. The maximum Gasteiger partial charge on any atom is 0.244 e. The summed E-state index contributed by atoms with van der Waals surface area (Å²) < 4.78 is 26.1. The number of hydrogen-bond acceptors (Lipinski definition) is 4. The molecule has 10 heteroatoms. The highest BCUT2D eigenvalue weighted by molar-refractivity contribution is 7.92. The molecular weight excluding hydrogens is 485 g/mol. The van der Waals surface area contributed by atoms with E-state index in [0.29, 0.717) is 0 Å². The SMILES string of the molecule is CC[C@H](C)NC(=O)[C@H](C)N(Cc1ccccc1)C(=O)CN(c1cccc(Cl)c1Cl)S(C)(=O)=O. The van der Waals surface area contributed by atoms with Crippen molar-refractivity contribution < 1.29 is 18.0 Å². The minimum absolute atomic E-state index is 0.0227. The van der Waals surface area contributed by atoms with Crippen molar-refractivity contribution in [1.29, 1.82) is 0 Å². The summed E-state index contributed by atoms with van der Waals surface area (Å²) in [5, 5.41) is 3.07. The second-order valence-corrected chi connectivity index (χ2v) is 10.5. The second-order valence-electron chi connectivity index (χ2n) is 7.84. The summed E-state index contributed by atoms with van der Waals surface area (Å²) >= 11 is 12.3. The van der Waals surface area contributed by atoms with Gasteiger partial charge in [-0.15, -0.1) is 0 Å². The molecule has 2 aromatic carbocycles. The molecule has 0 bridgehead atoms. The van der Waals surface area contributed by atoms with Crippen molar-refractivity contribution >= 4 is 50.7 Å². The maximum atomic E-state index is 13.4. The molecule has 33 heavy (non-hydrogen) atoms. The molecular formula is C23H29Cl2N3O4S. The van der Waals surface area contributed by atoms with E-state index in [2.05, 4.69) is 5.32 Å². The van der Waals surface area contributed by atoms with E-state index in [1.165, 1.54) is 17.0 Å². The van der Waals surface area contributed by atoms with E-state index in [1.807, 2.05) is 44.2 Å². The molecule has 0 fully saturated rings. The molecule has 0 saturated carbocycles. The van der Waals surface area contributed by atoms with Gasteiger partial charge >= 0.3 is 0 Å². The second kappa shape index (κ2) is 11.7. The van der Waals surface area contributed by atoms with Crippen LogP contribution in [0.3, 0.4) is 0 Å². The van der Waals surface area contributed by atoms with Crippen molar-refractivity contribution in [2.45, 2.75) is 45.8 Å². The number of halogens is 2. The Kier molecular flexibility index (Phi) is 9.57. The molecule has 0 heterocycles. The summed E-state index contributed by atoms with van der Waals surface area (Å²) in [7, 11) is -3.89. The first-order chi connectivity index (χ1) is 15.5.